The minimum atomic E-state index is -3.97. The second-order valence-corrected chi connectivity index (χ2v) is 3.70. The molecule has 0 aromatic carbocycles. The Morgan fingerprint density at radius 2 is 1.77 bits per heavy atom. The van der Waals surface area contributed by atoms with Gasteiger partial charge < -0.3 is 5.32 Å². The van der Waals surface area contributed by atoms with E-state index >= 15 is 0 Å². The zero-order valence-electron chi connectivity index (χ0n) is 7.66. The third-order valence-electron chi connectivity index (χ3n) is 2.53. The van der Waals surface area contributed by atoms with Gasteiger partial charge in [0.2, 0.25) is 0 Å². The molecule has 0 amide bonds. The highest BCUT2D eigenvalue weighted by Crippen LogP contribution is 2.26. The van der Waals surface area contributed by atoms with Crippen LogP contribution in [0.25, 0.3) is 0 Å². The number of nitrogens with one attached hydrogen (secondary N) is 1. The molecule has 0 saturated carbocycles. The van der Waals surface area contributed by atoms with E-state index in [4.69, 9.17) is 0 Å². The topological polar surface area (TPSA) is 12.0 Å². The number of hydrogen-bond donors (Lipinski definition) is 1. The molecule has 1 N–H and O–H groups in total. The average Bonchev–Trinajstić information content (AvgIpc) is 2.04. The molecule has 78 valence electrons. The number of piperidine rings is 1. The van der Waals surface area contributed by atoms with Crippen molar-refractivity contribution in [3.8, 4) is 0 Å². The Morgan fingerprint density at radius 1 is 1.15 bits per heavy atom. The van der Waals surface area contributed by atoms with Gasteiger partial charge in [0, 0.05) is 6.42 Å². The van der Waals surface area contributed by atoms with Crippen LogP contribution < -0.4 is 5.32 Å². The Kier molecular flexibility index (Phi) is 4.03. The molecule has 0 bridgehead atoms. The Balaban J connectivity index is 2.04. The van der Waals surface area contributed by atoms with Gasteiger partial charge in [-0.3, -0.25) is 0 Å². The van der Waals surface area contributed by atoms with Crippen molar-refractivity contribution in [2.24, 2.45) is 5.92 Å². The predicted molar refractivity (Wildman–Crippen MR) is 45.5 cm³/mol. The highest BCUT2D eigenvalue weighted by molar-refractivity contribution is 4.68. The van der Waals surface area contributed by atoms with Gasteiger partial charge in [0.25, 0.3) is 0 Å². The largest absolute Gasteiger partial charge is 0.389 e. The Bertz CT molecular complexity index is 138. The molecule has 4 heteroatoms. The second kappa shape index (κ2) is 4.84. The lowest BCUT2D eigenvalue weighted by Crippen LogP contribution is -2.27. The van der Waals surface area contributed by atoms with E-state index in [1.807, 2.05) is 0 Å². The molecule has 1 aliphatic rings. The van der Waals surface area contributed by atoms with Crippen LogP contribution in [0.3, 0.4) is 0 Å². The summed E-state index contributed by atoms with van der Waals surface area (Å²) in [6.07, 6.45) is -1.46. The van der Waals surface area contributed by atoms with Crippen molar-refractivity contribution in [3.63, 3.8) is 0 Å². The van der Waals surface area contributed by atoms with Crippen molar-refractivity contribution < 1.29 is 13.2 Å². The number of hydrogen-bond acceptors (Lipinski definition) is 1. The van der Waals surface area contributed by atoms with Crippen LogP contribution in [0.4, 0.5) is 13.2 Å². The third kappa shape index (κ3) is 5.13. The van der Waals surface area contributed by atoms with Crippen LogP contribution in [0.1, 0.15) is 32.1 Å². The first kappa shape index (κ1) is 10.8. The lowest BCUT2D eigenvalue weighted by atomic mass is 9.92. The Morgan fingerprint density at radius 3 is 2.31 bits per heavy atom. The van der Waals surface area contributed by atoms with Crippen molar-refractivity contribution in [1.82, 2.24) is 5.32 Å². The van der Waals surface area contributed by atoms with Gasteiger partial charge in [-0.25, -0.2) is 0 Å². The summed E-state index contributed by atoms with van der Waals surface area (Å²) in [5, 5.41) is 3.20. The maximum Gasteiger partial charge on any atom is 0.389 e. The predicted octanol–water partition coefficient (Wildman–Crippen LogP) is 2.72. The first-order valence-corrected chi connectivity index (χ1v) is 4.85. The van der Waals surface area contributed by atoms with Crippen LogP contribution in [0, 0.1) is 5.92 Å². The van der Waals surface area contributed by atoms with E-state index in [9.17, 15) is 13.2 Å². The molecule has 0 aromatic rings. The SMILES string of the molecule is FC(F)(F)CCCC1CCNCC1. The summed E-state index contributed by atoms with van der Waals surface area (Å²) in [7, 11) is 0. The zero-order chi connectivity index (χ0) is 9.73. The molecule has 0 aliphatic carbocycles. The lowest BCUT2D eigenvalue weighted by molar-refractivity contribution is -0.136. The van der Waals surface area contributed by atoms with Gasteiger partial charge in [0.15, 0.2) is 0 Å². The molecule has 1 aliphatic heterocycles. The van der Waals surface area contributed by atoms with Gasteiger partial charge in [-0.1, -0.05) is 6.42 Å². The maximum absolute atomic E-state index is 11.8. The van der Waals surface area contributed by atoms with E-state index in [-0.39, 0.29) is 0 Å². The number of rotatable bonds is 3. The molecule has 0 spiro atoms. The van der Waals surface area contributed by atoms with Gasteiger partial charge >= 0.3 is 6.18 Å². The highest BCUT2D eigenvalue weighted by atomic mass is 19.4. The number of alkyl halides is 3. The van der Waals surface area contributed by atoms with Crippen molar-refractivity contribution >= 4 is 0 Å². The lowest BCUT2D eigenvalue weighted by Gasteiger charge is -2.22. The molecule has 1 saturated heterocycles. The van der Waals surface area contributed by atoms with Crippen LogP contribution in [0.15, 0.2) is 0 Å². The molecule has 13 heavy (non-hydrogen) atoms. The first-order valence-electron chi connectivity index (χ1n) is 4.85. The Labute approximate surface area is 76.7 Å². The van der Waals surface area contributed by atoms with Crippen molar-refractivity contribution in [3.05, 3.63) is 0 Å². The maximum atomic E-state index is 11.8. The summed E-state index contributed by atoms with van der Waals surface area (Å²) in [4.78, 5) is 0. The molecule has 1 heterocycles. The zero-order valence-corrected chi connectivity index (χ0v) is 7.66. The van der Waals surface area contributed by atoms with Crippen LogP contribution in [-0.4, -0.2) is 19.3 Å². The standard InChI is InChI=1S/C9H16F3N/c10-9(11,12)5-1-2-8-3-6-13-7-4-8/h8,13H,1-7H2. The van der Waals surface area contributed by atoms with Gasteiger partial charge in [-0.2, -0.15) is 13.2 Å². The van der Waals surface area contributed by atoms with Gasteiger partial charge in [-0.15, -0.1) is 0 Å². The van der Waals surface area contributed by atoms with Gasteiger partial charge in [0.1, 0.15) is 0 Å². The van der Waals surface area contributed by atoms with Crippen LogP contribution in [-0.2, 0) is 0 Å². The molecule has 1 rings (SSSR count). The fourth-order valence-electron chi connectivity index (χ4n) is 1.76. The Hall–Kier alpha value is -0.250. The highest BCUT2D eigenvalue weighted by Gasteiger charge is 2.26. The van der Waals surface area contributed by atoms with E-state index in [0.29, 0.717) is 12.3 Å². The molecule has 0 radical (unpaired) electrons. The second-order valence-electron chi connectivity index (χ2n) is 3.70. The van der Waals surface area contributed by atoms with Crippen LogP contribution in [0.2, 0.25) is 0 Å². The summed E-state index contributed by atoms with van der Waals surface area (Å²) in [5.41, 5.74) is 0. The molecule has 0 atom stereocenters. The fourth-order valence-corrected chi connectivity index (χ4v) is 1.76. The molecular formula is C9H16F3N. The van der Waals surface area contributed by atoms with Gasteiger partial charge in [-0.05, 0) is 38.3 Å². The molecular weight excluding hydrogens is 179 g/mol. The van der Waals surface area contributed by atoms with Crippen LogP contribution >= 0.6 is 0 Å². The molecule has 0 unspecified atom stereocenters. The summed E-state index contributed by atoms with van der Waals surface area (Å²) in [6, 6.07) is 0. The normalized spacial score (nSPS) is 20.5. The molecule has 1 fully saturated rings. The number of halogens is 3. The van der Waals surface area contributed by atoms with E-state index in [2.05, 4.69) is 5.32 Å². The summed E-state index contributed by atoms with van der Waals surface area (Å²) in [5.74, 6) is 0.517. The minimum Gasteiger partial charge on any atom is -0.317 e. The van der Waals surface area contributed by atoms with Crippen molar-refractivity contribution in [1.29, 1.82) is 0 Å². The molecule has 0 aromatic heterocycles. The van der Waals surface area contributed by atoms with Crippen molar-refractivity contribution in [2.45, 2.75) is 38.3 Å². The quantitative estimate of drug-likeness (QED) is 0.730. The van der Waals surface area contributed by atoms with Crippen molar-refractivity contribution in [2.75, 3.05) is 13.1 Å². The average molecular weight is 195 g/mol. The monoisotopic (exact) mass is 195 g/mol. The smallest absolute Gasteiger partial charge is 0.317 e. The van der Waals surface area contributed by atoms with E-state index in [0.717, 1.165) is 32.4 Å². The summed E-state index contributed by atoms with van der Waals surface area (Å²) >= 11 is 0. The van der Waals surface area contributed by atoms with E-state index in [1.165, 1.54) is 0 Å². The van der Waals surface area contributed by atoms with E-state index in [1.54, 1.807) is 0 Å². The summed E-state index contributed by atoms with van der Waals surface area (Å²) < 4.78 is 35.4. The third-order valence-corrected chi connectivity index (χ3v) is 2.53. The summed E-state index contributed by atoms with van der Waals surface area (Å²) in [6.45, 7) is 1.94. The van der Waals surface area contributed by atoms with Crippen LogP contribution in [0.5, 0.6) is 0 Å². The van der Waals surface area contributed by atoms with E-state index < -0.39 is 12.6 Å². The minimum absolute atomic E-state index is 0.300. The van der Waals surface area contributed by atoms with Gasteiger partial charge in [0.05, 0.1) is 0 Å². The fraction of sp³-hybridized carbons (Fsp3) is 1.00. The molecule has 1 nitrogen and oxygen atoms in total. The first-order chi connectivity index (χ1) is 6.08.